The van der Waals surface area contributed by atoms with E-state index >= 15 is 0 Å². The highest BCUT2D eigenvalue weighted by atomic mass is 35.5. The maximum atomic E-state index is 13.6. The number of nitriles is 1. The topological polar surface area (TPSA) is 144 Å². The molecule has 0 spiro atoms. The van der Waals surface area contributed by atoms with Crippen LogP contribution in [0.4, 0.5) is 20.6 Å². The number of nitrogens with one attached hydrogen (secondary N) is 2. The Hall–Kier alpha value is -4.66. The van der Waals surface area contributed by atoms with Gasteiger partial charge in [-0.15, -0.1) is 0 Å². The van der Waals surface area contributed by atoms with Crippen molar-refractivity contribution in [2.45, 2.75) is 6.42 Å². The van der Waals surface area contributed by atoms with E-state index in [1.807, 2.05) is 0 Å². The van der Waals surface area contributed by atoms with Crippen molar-refractivity contribution in [3.63, 3.8) is 0 Å². The van der Waals surface area contributed by atoms with Crippen molar-refractivity contribution in [3.8, 4) is 17.6 Å². The minimum Gasteiger partial charge on any atom is -0.465 e. The van der Waals surface area contributed by atoms with Gasteiger partial charge in [-0.05, 0) is 60.5 Å². The zero-order valence-corrected chi connectivity index (χ0v) is 20.7. The number of hydrogen-bond donors (Lipinski definition) is 3. The van der Waals surface area contributed by atoms with Crippen molar-refractivity contribution in [2.24, 2.45) is 5.10 Å². The summed E-state index contributed by atoms with van der Waals surface area (Å²) in [5.41, 5.74) is 3.54. The molecule has 0 aliphatic carbocycles. The van der Waals surface area contributed by atoms with Gasteiger partial charge in [-0.1, -0.05) is 29.3 Å². The van der Waals surface area contributed by atoms with Gasteiger partial charge in [0.05, 0.1) is 15.7 Å². The summed E-state index contributed by atoms with van der Waals surface area (Å²) in [6, 6.07) is 14.9. The van der Waals surface area contributed by atoms with Crippen LogP contribution in [0.25, 0.3) is 0 Å². The number of anilines is 2. The summed E-state index contributed by atoms with van der Waals surface area (Å²) in [7, 11) is 0. The number of amides is 3. The molecule has 0 saturated heterocycles. The number of hydrogen-bond acceptors (Lipinski definition) is 7. The Bertz CT molecular complexity index is 1520. The van der Waals surface area contributed by atoms with Gasteiger partial charge in [0.25, 0.3) is 11.8 Å². The Morgan fingerprint density at radius 3 is 2.53 bits per heavy atom. The van der Waals surface area contributed by atoms with E-state index in [1.54, 1.807) is 30.3 Å². The third-order valence-corrected chi connectivity index (χ3v) is 5.89. The highest BCUT2D eigenvalue weighted by molar-refractivity contribution is 6.46. The van der Waals surface area contributed by atoms with E-state index in [4.69, 9.17) is 38.3 Å². The number of fused-ring (bicyclic) bond motifs is 1. The van der Waals surface area contributed by atoms with Crippen LogP contribution in [-0.4, -0.2) is 35.3 Å². The second-order valence-electron chi connectivity index (χ2n) is 7.82. The fourth-order valence-corrected chi connectivity index (χ4v) is 4.23. The summed E-state index contributed by atoms with van der Waals surface area (Å²) in [6.45, 7) is 0.357. The van der Waals surface area contributed by atoms with Crippen LogP contribution < -0.4 is 20.4 Å². The van der Waals surface area contributed by atoms with Gasteiger partial charge in [0.1, 0.15) is 17.6 Å². The highest BCUT2D eigenvalue weighted by Gasteiger charge is 2.26. The molecule has 0 bridgehead atoms. The molecule has 0 saturated carbocycles. The van der Waals surface area contributed by atoms with E-state index in [-0.39, 0.29) is 27.4 Å². The van der Waals surface area contributed by atoms with E-state index in [0.717, 1.165) is 5.56 Å². The van der Waals surface area contributed by atoms with Crippen LogP contribution in [0.2, 0.25) is 10.0 Å². The summed E-state index contributed by atoms with van der Waals surface area (Å²) in [4.78, 5) is 36.7. The summed E-state index contributed by atoms with van der Waals surface area (Å²) >= 11 is 12.6. The molecule has 3 amide bonds. The molecule has 0 fully saturated rings. The van der Waals surface area contributed by atoms with E-state index in [1.165, 1.54) is 40.6 Å². The first-order valence-electron chi connectivity index (χ1n) is 10.8. The van der Waals surface area contributed by atoms with Crippen molar-refractivity contribution in [3.05, 3.63) is 81.6 Å². The Morgan fingerprint density at radius 2 is 1.87 bits per heavy atom. The molecule has 13 heteroatoms. The molecule has 0 unspecified atom stereocenters. The molecule has 3 aromatic rings. The maximum Gasteiger partial charge on any atom is 0.411 e. The van der Waals surface area contributed by atoms with Gasteiger partial charge >= 0.3 is 6.09 Å². The Balaban J connectivity index is 1.50. The van der Waals surface area contributed by atoms with Crippen LogP contribution in [0.3, 0.4) is 0 Å². The second-order valence-corrected chi connectivity index (χ2v) is 8.63. The van der Waals surface area contributed by atoms with Crippen molar-refractivity contribution >= 4 is 58.2 Å². The van der Waals surface area contributed by atoms with Crippen LogP contribution in [-0.2, 0) is 11.2 Å². The standard InChI is InChI=1S/C25H16Cl2FN5O5/c26-19-10-15(31-32-21(12-29)23(34)30-25(36)37)11-20(27)22(19)38-17-4-5-18-13(8-17)6-7-33(24(18)35)16-3-1-2-14(28)9-16/h1-5,8-11,31H,6-7H2,(H,30,34)(H,36,37). The van der Waals surface area contributed by atoms with E-state index in [9.17, 15) is 18.8 Å². The van der Waals surface area contributed by atoms with Crippen LogP contribution >= 0.6 is 23.2 Å². The smallest absolute Gasteiger partial charge is 0.411 e. The number of ether oxygens (including phenoxy) is 1. The number of carbonyl (C=O) groups is 3. The number of carboxylic acid groups (broad SMARTS) is 1. The normalized spacial score (nSPS) is 12.8. The fourth-order valence-electron chi connectivity index (χ4n) is 3.66. The van der Waals surface area contributed by atoms with Crippen molar-refractivity contribution < 1.29 is 28.6 Å². The lowest BCUT2D eigenvalue weighted by Gasteiger charge is -2.29. The first-order valence-corrected chi connectivity index (χ1v) is 11.6. The van der Waals surface area contributed by atoms with Gasteiger partial charge in [-0.3, -0.25) is 20.3 Å². The van der Waals surface area contributed by atoms with Gasteiger partial charge < -0.3 is 14.7 Å². The third kappa shape index (κ3) is 5.83. The highest BCUT2D eigenvalue weighted by Crippen LogP contribution is 2.39. The molecule has 0 radical (unpaired) electrons. The van der Waals surface area contributed by atoms with E-state index in [2.05, 4.69) is 10.5 Å². The predicted octanol–water partition coefficient (Wildman–Crippen LogP) is 5.21. The maximum absolute atomic E-state index is 13.6. The first kappa shape index (κ1) is 26.4. The second kappa shape index (κ2) is 11.2. The van der Waals surface area contributed by atoms with Crippen LogP contribution in [0.15, 0.2) is 59.7 Å². The lowest BCUT2D eigenvalue weighted by atomic mass is 9.98. The molecule has 0 aromatic heterocycles. The van der Waals surface area contributed by atoms with Gasteiger partial charge in [-0.25, -0.2) is 9.18 Å². The van der Waals surface area contributed by atoms with Gasteiger partial charge in [0, 0.05) is 17.8 Å². The van der Waals surface area contributed by atoms with Crippen molar-refractivity contribution in [1.29, 1.82) is 5.26 Å². The number of hydrazone groups is 1. The van der Waals surface area contributed by atoms with Crippen molar-refractivity contribution in [1.82, 2.24) is 5.32 Å². The molecule has 3 aromatic carbocycles. The molecule has 1 aliphatic heterocycles. The zero-order chi connectivity index (χ0) is 27.4. The summed E-state index contributed by atoms with van der Waals surface area (Å²) in [6.07, 6.45) is -1.13. The van der Waals surface area contributed by atoms with Crippen molar-refractivity contribution in [2.75, 3.05) is 16.9 Å². The minimum atomic E-state index is -1.64. The number of imide groups is 1. The number of benzene rings is 3. The van der Waals surface area contributed by atoms with Gasteiger partial charge in [0.15, 0.2) is 5.75 Å². The predicted molar refractivity (Wildman–Crippen MR) is 138 cm³/mol. The molecule has 1 aliphatic rings. The summed E-state index contributed by atoms with van der Waals surface area (Å²) in [5.74, 6) is -1.43. The average molecular weight is 556 g/mol. The minimum absolute atomic E-state index is 0.0646. The Morgan fingerprint density at radius 1 is 1.13 bits per heavy atom. The molecule has 10 nitrogen and oxygen atoms in total. The monoisotopic (exact) mass is 555 g/mol. The summed E-state index contributed by atoms with van der Waals surface area (Å²) in [5, 5.41) is 22.8. The molecule has 1 heterocycles. The SMILES string of the molecule is N#CC(=NNc1cc(Cl)c(Oc2ccc3c(c2)CCN(c2cccc(F)c2)C3=O)c(Cl)c1)C(=O)NC(=O)O. The lowest BCUT2D eigenvalue weighted by Crippen LogP contribution is -2.37. The molecular formula is C25H16Cl2FN5O5. The quantitative estimate of drug-likeness (QED) is 0.279. The number of carbonyl (C=O) groups excluding carboxylic acids is 2. The molecule has 192 valence electrons. The first-order chi connectivity index (χ1) is 18.2. The Labute approximate surface area is 224 Å². The lowest BCUT2D eigenvalue weighted by molar-refractivity contribution is -0.114. The number of nitrogens with zero attached hydrogens (tertiary/aromatic N) is 3. The fraction of sp³-hybridized carbons (Fsp3) is 0.0800. The molecule has 4 rings (SSSR count). The Kier molecular flexibility index (Phi) is 7.76. The van der Waals surface area contributed by atoms with E-state index in [0.29, 0.717) is 30.0 Å². The molecule has 0 atom stereocenters. The molecule has 38 heavy (non-hydrogen) atoms. The average Bonchev–Trinajstić information content (AvgIpc) is 2.86. The number of rotatable bonds is 6. The number of halogens is 3. The van der Waals surface area contributed by atoms with Gasteiger partial charge in [-0.2, -0.15) is 10.4 Å². The van der Waals surface area contributed by atoms with E-state index < -0.39 is 23.5 Å². The van der Waals surface area contributed by atoms with Gasteiger partial charge in [0.2, 0.25) is 5.71 Å². The van der Waals surface area contributed by atoms with Crippen LogP contribution in [0, 0.1) is 17.1 Å². The zero-order valence-electron chi connectivity index (χ0n) is 19.2. The molecule has 3 N–H and O–H groups in total. The summed E-state index contributed by atoms with van der Waals surface area (Å²) < 4.78 is 19.5. The van der Waals surface area contributed by atoms with Crippen LogP contribution in [0.1, 0.15) is 15.9 Å². The largest absolute Gasteiger partial charge is 0.465 e. The van der Waals surface area contributed by atoms with Crippen LogP contribution in [0.5, 0.6) is 11.5 Å². The molecular weight excluding hydrogens is 540 g/mol. The third-order valence-electron chi connectivity index (χ3n) is 5.33.